The summed E-state index contributed by atoms with van der Waals surface area (Å²) in [7, 11) is 0. The summed E-state index contributed by atoms with van der Waals surface area (Å²) in [4.78, 5) is 13.4. The highest BCUT2D eigenvalue weighted by Gasteiger charge is 2.30. The van der Waals surface area contributed by atoms with Gasteiger partial charge in [0.2, 0.25) is 0 Å². The van der Waals surface area contributed by atoms with Crippen LogP contribution in [0.4, 0.5) is 5.69 Å². The van der Waals surface area contributed by atoms with Crippen molar-refractivity contribution in [3.05, 3.63) is 27.7 Å². The summed E-state index contributed by atoms with van der Waals surface area (Å²) < 4.78 is 0. The van der Waals surface area contributed by atoms with E-state index in [2.05, 4.69) is 0 Å². The van der Waals surface area contributed by atoms with Gasteiger partial charge in [0, 0.05) is 18.8 Å². The Labute approximate surface area is 103 Å². The van der Waals surface area contributed by atoms with E-state index in [1.807, 2.05) is 0 Å². The van der Waals surface area contributed by atoms with E-state index < -0.39 is 6.10 Å². The second-order valence-electron chi connectivity index (χ2n) is 3.73. The Morgan fingerprint density at radius 3 is 2.62 bits per heavy atom. The minimum Gasteiger partial charge on any atom is -0.399 e. The molecule has 3 N–H and O–H groups in total. The van der Waals surface area contributed by atoms with Gasteiger partial charge in [-0.15, -0.1) is 0 Å². The number of hydrogen-bond acceptors (Lipinski definition) is 3. The maximum atomic E-state index is 11.9. The molecule has 1 aromatic carbocycles. The summed E-state index contributed by atoms with van der Waals surface area (Å²) in [5.41, 5.74) is 6.25. The van der Waals surface area contributed by atoms with Crippen LogP contribution in [0.1, 0.15) is 10.4 Å². The summed E-state index contributed by atoms with van der Waals surface area (Å²) >= 11 is 11.7. The van der Waals surface area contributed by atoms with Crippen molar-refractivity contribution in [2.24, 2.45) is 0 Å². The average Bonchev–Trinajstić information content (AvgIpc) is 2.18. The number of aliphatic hydroxyl groups excluding tert-OH is 1. The van der Waals surface area contributed by atoms with Gasteiger partial charge in [-0.2, -0.15) is 0 Å². The molecule has 0 radical (unpaired) electrons. The number of nitrogens with two attached hydrogens (primary N) is 1. The summed E-state index contributed by atoms with van der Waals surface area (Å²) in [6, 6.07) is 2.98. The molecule has 4 nitrogen and oxygen atoms in total. The molecule has 2 rings (SSSR count). The summed E-state index contributed by atoms with van der Waals surface area (Å²) in [6.45, 7) is 0.642. The largest absolute Gasteiger partial charge is 0.399 e. The number of benzene rings is 1. The quantitative estimate of drug-likeness (QED) is 0.751. The van der Waals surface area contributed by atoms with Crippen LogP contribution in [0.2, 0.25) is 10.0 Å². The van der Waals surface area contributed by atoms with Gasteiger partial charge in [0.1, 0.15) is 0 Å². The van der Waals surface area contributed by atoms with Crippen LogP contribution in [-0.2, 0) is 0 Å². The highest BCUT2D eigenvalue weighted by molar-refractivity contribution is 6.44. The van der Waals surface area contributed by atoms with E-state index in [0.717, 1.165) is 0 Å². The fourth-order valence-electron chi connectivity index (χ4n) is 1.56. The Kier molecular flexibility index (Phi) is 2.97. The third-order valence-corrected chi connectivity index (χ3v) is 3.23. The van der Waals surface area contributed by atoms with Crippen molar-refractivity contribution >= 4 is 34.8 Å². The van der Waals surface area contributed by atoms with Gasteiger partial charge < -0.3 is 15.7 Å². The van der Waals surface area contributed by atoms with Gasteiger partial charge in [-0.05, 0) is 12.1 Å². The Morgan fingerprint density at radius 1 is 1.44 bits per heavy atom. The van der Waals surface area contributed by atoms with Crippen molar-refractivity contribution < 1.29 is 9.90 Å². The Morgan fingerprint density at radius 2 is 2.06 bits per heavy atom. The number of β-amino-alcohol motifs (C(OH)–C–C–N with tert-alkyl or cyclic N) is 1. The number of rotatable bonds is 1. The first-order chi connectivity index (χ1) is 7.49. The van der Waals surface area contributed by atoms with E-state index in [9.17, 15) is 4.79 Å². The summed E-state index contributed by atoms with van der Waals surface area (Å²) in [5, 5.41) is 9.57. The zero-order chi connectivity index (χ0) is 11.9. The van der Waals surface area contributed by atoms with Crippen molar-refractivity contribution in [3.63, 3.8) is 0 Å². The maximum Gasteiger partial charge on any atom is 0.255 e. The average molecular weight is 261 g/mol. The SMILES string of the molecule is Nc1cc(Cl)c(Cl)c(C(=O)N2CC(O)C2)c1. The van der Waals surface area contributed by atoms with Gasteiger partial charge >= 0.3 is 0 Å². The number of likely N-dealkylation sites (tertiary alicyclic amines) is 1. The number of nitrogen functional groups attached to an aromatic ring is 1. The van der Waals surface area contributed by atoms with Crippen LogP contribution >= 0.6 is 23.2 Å². The third-order valence-electron chi connectivity index (χ3n) is 2.43. The van der Waals surface area contributed by atoms with Crippen LogP contribution in [0.5, 0.6) is 0 Å². The minimum atomic E-state index is -0.445. The van der Waals surface area contributed by atoms with Gasteiger partial charge in [0.25, 0.3) is 5.91 Å². The summed E-state index contributed by atoms with van der Waals surface area (Å²) in [6.07, 6.45) is -0.445. The first-order valence-corrected chi connectivity index (χ1v) is 5.46. The van der Waals surface area contributed by atoms with Crippen molar-refractivity contribution in [2.75, 3.05) is 18.8 Å². The molecule has 6 heteroatoms. The number of carbonyl (C=O) groups is 1. The molecule has 1 aromatic rings. The van der Waals surface area contributed by atoms with Gasteiger partial charge in [0.05, 0.1) is 21.7 Å². The topological polar surface area (TPSA) is 66.6 Å². The van der Waals surface area contributed by atoms with E-state index in [1.54, 1.807) is 0 Å². The van der Waals surface area contributed by atoms with Crippen molar-refractivity contribution in [1.29, 1.82) is 0 Å². The normalized spacial score (nSPS) is 16.1. The lowest BCUT2D eigenvalue weighted by molar-refractivity contribution is 0.00591. The van der Waals surface area contributed by atoms with E-state index in [4.69, 9.17) is 34.0 Å². The fraction of sp³-hybridized carbons (Fsp3) is 0.300. The molecule has 0 saturated carbocycles. The Bertz CT molecular complexity index is 445. The number of aliphatic hydroxyl groups is 1. The molecule has 1 aliphatic heterocycles. The first kappa shape index (κ1) is 11.5. The molecular formula is C10H10Cl2N2O2. The third kappa shape index (κ3) is 1.96. The van der Waals surface area contributed by atoms with Crippen LogP contribution in [0.3, 0.4) is 0 Å². The minimum absolute atomic E-state index is 0.197. The van der Waals surface area contributed by atoms with Crippen LogP contribution in [0.15, 0.2) is 12.1 Å². The highest BCUT2D eigenvalue weighted by Crippen LogP contribution is 2.30. The lowest BCUT2D eigenvalue weighted by Gasteiger charge is -2.36. The van der Waals surface area contributed by atoms with Crippen molar-refractivity contribution in [2.45, 2.75) is 6.10 Å². The predicted octanol–water partition coefficient (Wildman–Crippen LogP) is 1.39. The van der Waals surface area contributed by atoms with Crippen LogP contribution < -0.4 is 5.73 Å². The predicted molar refractivity (Wildman–Crippen MR) is 62.8 cm³/mol. The number of amides is 1. The molecule has 86 valence electrons. The van der Waals surface area contributed by atoms with E-state index in [1.165, 1.54) is 17.0 Å². The lowest BCUT2D eigenvalue weighted by atomic mass is 10.1. The van der Waals surface area contributed by atoms with E-state index in [-0.39, 0.29) is 21.5 Å². The molecule has 0 atom stereocenters. The van der Waals surface area contributed by atoms with Gasteiger partial charge in [0.15, 0.2) is 0 Å². The molecule has 0 aliphatic carbocycles. The molecule has 0 bridgehead atoms. The second-order valence-corrected chi connectivity index (χ2v) is 4.51. The molecule has 1 fully saturated rings. The first-order valence-electron chi connectivity index (χ1n) is 4.71. The highest BCUT2D eigenvalue weighted by atomic mass is 35.5. The maximum absolute atomic E-state index is 11.9. The molecule has 1 aliphatic rings. The molecule has 1 saturated heterocycles. The molecule has 0 aromatic heterocycles. The fourth-order valence-corrected chi connectivity index (χ4v) is 1.97. The molecule has 1 amide bonds. The van der Waals surface area contributed by atoms with Crippen molar-refractivity contribution in [3.8, 4) is 0 Å². The zero-order valence-electron chi connectivity index (χ0n) is 8.28. The van der Waals surface area contributed by atoms with E-state index in [0.29, 0.717) is 18.8 Å². The Balaban J connectivity index is 2.29. The molecular weight excluding hydrogens is 251 g/mol. The molecule has 16 heavy (non-hydrogen) atoms. The van der Waals surface area contributed by atoms with Gasteiger partial charge in [-0.25, -0.2) is 0 Å². The van der Waals surface area contributed by atoms with Crippen LogP contribution in [0.25, 0.3) is 0 Å². The van der Waals surface area contributed by atoms with Gasteiger partial charge in [-0.3, -0.25) is 4.79 Å². The van der Waals surface area contributed by atoms with Crippen LogP contribution in [-0.4, -0.2) is 35.1 Å². The van der Waals surface area contributed by atoms with Gasteiger partial charge in [-0.1, -0.05) is 23.2 Å². The van der Waals surface area contributed by atoms with E-state index >= 15 is 0 Å². The van der Waals surface area contributed by atoms with Crippen molar-refractivity contribution in [1.82, 2.24) is 4.90 Å². The number of halogens is 2. The standard InChI is InChI=1S/C10H10Cl2N2O2/c11-8-2-5(13)1-7(9(8)12)10(16)14-3-6(15)4-14/h1-2,6,15H,3-4,13H2. The number of carbonyl (C=O) groups excluding carboxylic acids is 1. The second kappa shape index (κ2) is 4.13. The summed E-state index contributed by atoms with van der Waals surface area (Å²) in [5.74, 6) is -0.260. The lowest BCUT2D eigenvalue weighted by Crippen LogP contribution is -2.53. The monoisotopic (exact) mass is 260 g/mol. The smallest absolute Gasteiger partial charge is 0.255 e. The van der Waals surface area contributed by atoms with Crippen LogP contribution in [0, 0.1) is 0 Å². The Hall–Kier alpha value is -0.970. The molecule has 0 spiro atoms. The number of hydrogen-bond donors (Lipinski definition) is 2. The number of nitrogens with zero attached hydrogens (tertiary/aromatic N) is 1. The number of anilines is 1. The molecule has 1 heterocycles. The molecule has 0 unspecified atom stereocenters. The zero-order valence-corrected chi connectivity index (χ0v) is 9.79.